The van der Waals surface area contributed by atoms with Gasteiger partial charge in [0.15, 0.2) is 5.96 Å². The first kappa shape index (κ1) is 11.9. The van der Waals surface area contributed by atoms with Crippen molar-refractivity contribution in [3.8, 4) is 0 Å². The molecule has 0 unspecified atom stereocenters. The highest BCUT2D eigenvalue weighted by Gasteiger charge is 2.13. The largest absolute Gasteiger partial charge is 0.354 e. The Hall–Kier alpha value is -0.550. The van der Waals surface area contributed by atoms with Crippen molar-refractivity contribution in [3.05, 3.63) is 26.1 Å². The van der Waals surface area contributed by atoms with E-state index in [4.69, 9.17) is 0 Å². The minimum Gasteiger partial charge on any atom is -0.354 e. The first-order valence-electron chi connectivity index (χ1n) is 5.10. The van der Waals surface area contributed by atoms with Gasteiger partial charge in [0, 0.05) is 11.0 Å². The Balaban J connectivity index is 2.38. The summed E-state index contributed by atoms with van der Waals surface area (Å²) >= 11 is 7.11. The molecule has 1 aromatic rings. The van der Waals surface area contributed by atoms with Gasteiger partial charge in [0.1, 0.15) is 0 Å². The maximum absolute atomic E-state index is 4.33. The molecule has 1 heterocycles. The smallest absolute Gasteiger partial charge is 0.195 e. The third-order valence-corrected chi connectivity index (χ3v) is 4.64. The molecule has 5 heteroatoms. The Morgan fingerprint density at radius 3 is 2.75 bits per heavy atom. The topological polar surface area (TPSA) is 36.4 Å². The van der Waals surface area contributed by atoms with Gasteiger partial charge in [-0.05, 0) is 62.9 Å². The summed E-state index contributed by atoms with van der Waals surface area (Å²) in [5.74, 6) is 0.848. The highest BCUT2D eigenvalue weighted by Crippen LogP contribution is 2.35. The summed E-state index contributed by atoms with van der Waals surface area (Å²) in [6.07, 6.45) is 0. The average molecular weight is 347 g/mol. The summed E-state index contributed by atoms with van der Waals surface area (Å²) in [4.78, 5) is 4.33. The van der Waals surface area contributed by atoms with Crippen LogP contribution in [-0.4, -0.2) is 19.0 Å². The van der Waals surface area contributed by atoms with Gasteiger partial charge >= 0.3 is 0 Å². The molecule has 0 atom stereocenters. The number of halogens is 2. The maximum Gasteiger partial charge on any atom is 0.195 e. The molecule has 1 aliphatic heterocycles. The third-order valence-electron chi connectivity index (χ3n) is 2.66. The number of rotatable bonds is 1. The Morgan fingerprint density at radius 2 is 2.12 bits per heavy atom. The molecule has 86 valence electrons. The minimum atomic E-state index is 0.839. The van der Waals surface area contributed by atoms with E-state index in [1.54, 1.807) is 0 Å². The number of benzene rings is 1. The van der Waals surface area contributed by atoms with Gasteiger partial charge in [0.05, 0.1) is 16.7 Å². The molecule has 0 radical (unpaired) electrons. The zero-order valence-electron chi connectivity index (χ0n) is 9.19. The lowest BCUT2D eigenvalue weighted by Crippen LogP contribution is -2.26. The molecule has 0 saturated heterocycles. The summed E-state index contributed by atoms with van der Waals surface area (Å²) in [7, 11) is 0. The van der Waals surface area contributed by atoms with Gasteiger partial charge in [-0.2, -0.15) is 0 Å². The molecule has 3 nitrogen and oxygen atoms in total. The van der Waals surface area contributed by atoms with Crippen LogP contribution >= 0.6 is 31.9 Å². The molecular weight excluding hydrogens is 334 g/mol. The lowest BCUT2D eigenvalue weighted by Gasteiger charge is -2.15. The summed E-state index contributed by atoms with van der Waals surface area (Å²) in [6.45, 7) is 5.95. The van der Waals surface area contributed by atoms with Crippen LogP contribution in [0.1, 0.15) is 11.1 Å². The summed E-state index contributed by atoms with van der Waals surface area (Å²) in [5.41, 5.74) is 3.54. The molecule has 0 aromatic heterocycles. The van der Waals surface area contributed by atoms with Crippen LogP contribution in [0, 0.1) is 13.8 Å². The fourth-order valence-electron chi connectivity index (χ4n) is 1.59. The normalized spacial score (nSPS) is 14.6. The second-order valence-corrected chi connectivity index (χ2v) is 5.42. The predicted molar refractivity (Wildman–Crippen MR) is 75.2 cm³/mol. The molecule has 1 aliphatic rings. The van der Waals surface area contributed by atoms with Crippen molar-refractivity contribution >= 4 is 43.5 Å². The predicted octanol–water partition coefficient (Wildman–Crippen LogP) is 3.20. The van der Waals surface area contributed by atoms with Crippen LogP contribution in [0.5, 0.6) is 0 Å². The fourth-order valence-corrected chi connectivity index (χ4v) is 2.64. The van der Waals surface area contributed by atoms with Gasteiger partial charge < -0.3 is 10.6 Å². The Kier molecular flexibility index (Phi) is 3.54. The van der Waals surface area contributed by atoms with Gasteiger partial charge in [0.25, 0.3) is 0 Å². The van der Waals surface area contributed by atoms with Gasteiger partial charge in [-0.1, -0.05) is 0 Å². The molecule has 16 heavy (non-hydrogen) atoms. The SMILES string of the molecule is Cc1cc(Br)c(Br)c(NC2=NCCN2)c1C. The molecule has 0 fully saturated rings. The van der Waals surface area contributed by atoms with Crippen molar-refractivity contribution < 1.29 is 0 Å². The standard InChI is InChI=1S/C11H13Br2N3/c1-6-5-8(12)9(13)10(7(6)2)16-11-14-3-4-15-11/h5H,3-4H2,1-2H3,(H2,14,15,16). The van der Waals surface area contributed by atoms with E-state index in [9.17, 15) is 0 Å². The highest BCUT2D eigenvalue weighted by atomic mass is 79.9. The van der Waals surface area contributed by atoms with Crippen LogP contribution in [0.3, 0.4) is 0 Å². The molecular formula is C11H13Br2N3. The molecule has 0 bridgehead atoms. The van der Waals surface area contributed by atoms with E-state index in [0.717, 1.165) is 33.7 Å². The quantitative estimate of drug-likeness (QED) is 0.819. The van der Waals surface area contributed by atoms with E-state index in [1.807, 2.05) is 0 Å². The number of anilines is 1. The summed E-state index contributed by atoms with van der Waals surface area (Å²) in [5, 5.41) is 6.52. The first-order chi connectivity index (χ1) is 7.59. The van der Waals surface area contributed by atoms with Crippen molar-refractivity contribution in [2.24, 2.45) is 4.99 Å². The molecule has 1 aromatic carbocycles. The number of nitrogens with zero attached hydrogens (tertiary/aromatic N) is 1. The van der Waals surface area contributed by atoms with Gasteiger partial charge in [-0.15, -0.1) is 0 Å². The van der Waals surface area contributed by atoms with Crippen molar-refractivity contribution in [1.82, 2.24) is 5.32 Å². The molecule has 2 N–H and O–H groups in total. The lowest BCUT2D eigenvalue weighted by atomic mass is 10.1. The van der Waals surface area contributed by atoms with E-state index in [2.05, 4.69) is 67.4 Å². The zero-order valence-corrected chi connectivity index (χ0v) is 12.4. The molecule has 0 amide bonds. The van der Waals surface area contributed by atoms with Crippen molar-refractivity contribution in [1.29, 1.82) is 0 Å². The van der Waals surface area contributed by atoms with Crippen LogP contribution in [0.2, 0.25) is 0 Å². The summed E-state index contributed by atoms with van der Waals surface area (Å²) in [6, 6.07) is 2.11. The summed E-state index contributed by atoms with van der Waals surface area (Å²) < 4.78 is 2.09. The number of aliphatic imine (C=N–C) groups is 1. The second kappa shape index (κ2) is 4.75. The minimum absolute atomic E-state index is 0.839. The van der Waals surface area contributed by atoms with Gasteiger partial charge in [-0.25, -0.2) is 0 Å². The molecule has 2 rings (SSSR count). The van der Waals surface area contributed by atoms with E-state index >= 15 is 0 Å². The number of nitrogens with one attached hydrogen (secondary N) is 2. The maximum atomic E-state index is 4.33. The monoisotopic (exact) mass is 345 g/mol. The van der Waals surface area contributed by atoms with E-state index in [-0.39, 0.29) is 0 Å². The first-order valence-corrected chi connectivity index (χ1v) is 6.68. The molecule has 0 spiro atoms. The van der Waals surface area contributed by atoms with Crippen LogP contribution in [0.15, 0.2) is 20.0 Å². The van der Waals surface area contributed by atoms with E-state index in [1.165, 1.54) is 11.1 Å². The number of guanidine groups is 1. The van der Waals surface area contributed by atoms with Crippen LogP contribution in [0.25, 0.3) is 0 Å². The van der Waals surface area contributed by atoms with Gasteiger partial charge in [-0.3, -0.25) is 4.99 Å². The number of hydrogen-bond donors (Lipinski definition) is 2. The highest BCUT2D eigenvalue weighted by molar-refractivity contribution is 9.13. The Morgan fingerprint density at radius 1 is 1.38 bits per heavy atom. The molecule has 0 saturated carbocycles. The zero-order chi connectivity index (χ0) is 11.7. The Bertz CT molecular complexity index is 429. The van der Waals surface area contributed by atoms with E-state index < -0.39 is 0 Å². The number of aryl methyl sites for hydroxylation is 1. The van der Waals surface area contributed by atoms with Crippen molar-refractivity contribution in [2.75, 3.05) is 18.4 Å². The fraction of sp³-hybridized carbons (Fsp3) is 0.364. The van der Waals surface area contributed by atoms with Crippen molar-refractivity contribution in [2.45, 2.75) is 13.8 Å². The van der Waals surface area contributed by atoms with Crippen LogP contribution in [0.4, 0.5) is 5.69 Å². The van der Waals surface area contributed by atoms with Crippen LogP contribution < -0.4 is 10.6 Å². The van der Waals surface area contributed by atoms with Gasteiger partial charge in [0.2, 0.25) is 0 Å². The third kappa shape index (κ3) is 2.25. The van der Waals surface area contributed by atoms with Crippen LogP contribution in [-0.2, 0) is 0 Å². The number of hydrogen-bond acceptors (Lipinski definition) is 3. The Labute approximate surface area is 112 Å². The average Bonchev–Trinajstić information content (AvgIpc) is 2.74. The molecule has 0 aliphatic carbocycles. The second-order valence-electron chi connectivity index (χ2n) is 3.77. The lowest BCUT2D eigenvalue weighted by molar-refractivity contribution is 0.959. The van der Waals surface area contributed by atoms with Crippen molar-refractivity contribution in [3.63, 3.8) is 0 Å². The van der Waals surface area contributed by atoms with E-state index in [0.29, 0.717) is 0 Å².